The molecule has 2 heteroatoms. The maximum atomic E-state index is 2.58. The van der Waals surface area contributed by atoms with E-state index in [0.29, 0.717) is 0 Å². The number of hydrogen-bond acceptors (Lipinski definition) is 0. The second-order valence-corrected chi connectivity index (χ2v) is 15.9. The second kappa shape index (κ2) is 9.48. The Bertz CT molecular complexity index is 546. The maximum absolute atomic E-state index is 2.58. The first kappa shape index (κ1) is 22.8. The van der Waals surface area contributed by atoms with Crippen molar-refractivity contribution in [1.82, 2.24) is 0 Å². The van der Waals surface area contributed by atoms with Gasteiger partial charge in [0.15, 0.2) is 0 Å². The van der Waals surface area contributed by atoms with Crippen LogP contribution in [-0.4, -0.2) is 22.6 Å². The lowest BCUT2D eigenvalue weighted by molar-refractivity contribution is 0.543. The molecule has 2 aliphatic rings. The maximum Gasteiger partial charge on any atom is -0.0143 e. The Morgan fingerprint density at radius 3 is 1.00 bits per heavy atom. The average Bonchev–Trinajstić information content (AvgIpc) is 3.26. The van der Waals surface area contributed by atoms with Gasteiger partial charge in [-0.05, 0) is 82.6 Å². The number of rotatable bonds is 6. The molecule has 0 nitrogen and oxygen atoms in total. The van der Waals surface area contributed by atoms with Gasteiger partial charge in [-0.15, -0.1) is 0 Å². The smallest absolute Gasteiger partial charge is 0.0143 e. The largest absolute Gasteiger partial charge is 0.0677 e. The first-order valence-corrected chi connectivity index (χ1v) is 14.9. The van der Waals surface area contributed by atoms with E-state index in [1.54, 1.807) is 0 Å². The highest BCUT2D eigenvalue weighted by Crippen LogP contribution is 2.63. The van der Waals surface area contributed by atoms with Crippen molar-refractivity contribution in [2.75, 3.05) is 0 Å². The van der Waals surface area contributed by atoms with E-state index in [0.717, 1.165) is 46.3 Å². The summed E-state index contributed by atoms with van der Waals surface area (Å²) in [5.41, 5.74) is 3.71. The highest BCUT2D eigenvalue weighted by Gasteiger charge is 2.44. The third kappa shape index (κ3) is 4.40. The second-order valence-electron chi connectivity index (χ2n) is 10.7. The van der Waals surface area contributed by atoms with Gasteiger partial charge in [0, 0.05) is 0 Å². The molecule has 158 valence electrons. The zero-order valence-corrected chi connectivity index (χ0v) is 21.4. The molecule has 2 heterocycles. The molecule has 0 amide bonds. The van der Waals surface area contributed by atoms with Gasteiger partial charge in [-0.3, -0.25) is 0 Å². The van der Waals surface area contributed by atoms with Crippen molar-refractivity contribution in [1.29, 1.82) is 0 Å². The third-order valence-corrected chi connectivity index (χ3v) is 15.8. The molecule has 0 saturated carbocycles. The van der Waals surface area contributed by atoms with Crippen molar-refractivity contribution in [3.8, 4) is 0 Å². The zero-order valence-electron chi connectivity index (χ0n) is 19.7. The van der Waals surface area contributed by atoms with Crippen LogP contribution in [0.5, 0.6) is 0 Å². The topological polar surface area (TPSA) is 0 Å². The van der Waals surface area contributed by atoms with Crippen molar-refractivity contribution in [2.45, 2.75) is 104 Å². The predicted molar refractivity (Wildman–Crippen MR) is 133 cm³/mol. The molecule has 0 N–H and O–H groups in total. The summed E-state index contributed by atoms with van der Waals surface area (Å²) in [4.78, 5) is 0. The average molecular weight is 419 g/mol. The molecule has 0 bridgehead atoms. The first-order valence-electron chi connectivity index (χ1n) is 11.9. The van der Waals surface area contributed by atoms with Gasteiger partial charge in [-0.1, -0.05) is 95.5 Å². The van der Waals surface area contributed by atoms with Gasteiger partial charge in [0.1, 0.15) is 0 Å². The van der Waals surface area contributed by atoms with Crippen LogP contribution in [0.15, 0.2) is 24.3 Å². The lowest BCUT2D eigenvalue weighted by Gasteiger charge is -2.37. The van der Waals surface area contributed by atoms with Crippen molar-refractivity contribution in [3.05, 3.63) is 24.3 Å². The van der Waals surface area contributed by atoms with Crippen LogP contribution in [0.2, 0.25) is 0 Å². The van der Waals surface area contributed by atoms with E-state index in [1.807, 2.05) is 10.6 Å². The van der Waals surface area contributed by atoms with Crippen LogP contribution in [0.25, 0.3) is 0 Å². The fourth-order valence-electron chi connectivity index (χ4n) is 5.96. The number of benzene rings is 1. The van der Waals surface area contributed by atoms with E-state index >= 15 is 0 Å². The fourth-order valence-corrected chi connectivity index (χ4v) is 14.5. The first-order chi connectivity index (χ1) is 13.2. The van der Waals surface area contributed by atoms with E-state index < -0.39 is 0 Å². The van der Waals surface area contributed by atoms with Crippen molar-refractivity contribution >= 4 is 26.5 Å². The van der Waals surface area contributed by atoms with Gasteiger partial charge in [0.2, 0.25) is 0 Å². The molecule has 0 unspecified atom stereocenters. The Hall–Kier alpha value is 0.0800. The molecule has 0 aromatic heterocycles. The van der Waals surface area contributed by atoms with Crippen LogP contribution < -0.4 is 10.6 Å². The molecule has 0 spiro atoms. The van der Waals surface area contributed by atoms with E-state index in [-0.39, 0.29) is 15.8 Å². The monoisotopic (exact) mass is 418 g/mol. The lowest BCUT2D eigenvalue weighted by atomic mass is 10.0. The lowest BCUT2D eigenvalue weighted by Crippen LogP contribution is -2.34. The van der Waals surface area contributed by atoms with Crippen LogP contribution in [0.3, 0.4) is 0 Å². The molecular formula is C26H44P2. The minimum atomic E-state index is -0.0433. The summed E-state index contributed by atoms with van der Waals surface area (Å²) < 4.78 is 0. The van der Waals surface area contributed by atoms with E-state index in [1.165, 1.54) is 25.7 Å². The minimum Gasteiger partial charge on any atom is -0.0677 e. The summed E-state index contributed by atoms with van der Waals surface area (Å²) in [5.74, 6) is 3.28. The van der Waals surface area contributed by atoms with Gasteiger partial charge in [0.05, 0.1) is 0 Å². The van der Waals surface area contributed by atoms with Crippen LogP contribution >= 0.6 is 15.8 Å². The SMILES string of the molecule is CC(C)[C@H]1CC[C@H](C(C)C)P1c1ccccc1P1[C@@H](C(C)C)CC[C@@H]1C(C)C. The van der Waals surface area contributed by atoms with Crippen molar-refractivity contribution in [2.24, 2.45) is 23.7 Å². The van der Waals surface area contributed by atoms with Gasteiger partial charge >= 0.3 is 0 Å². The number of hydrogen-bond donors (Lipinski definition) is 0. The Balaban J connectivity index is 2.08. The van der Waals surface area contributed by atoms with Crippen molar-refractivity contribution < 1.29 is 0 Å². The Morgan fingerprint density at radius 2 is 0.786 bits per heavy atom. The molecule has 1 aromatic rings. The molecule has 2 fully saturated rings. The summed E-state index contributed by atoms with van der Waals surface area (Å²) in [5, 5.41) is 3.66. The Morgan fingerprint density at radius 1 is 0.536 bits per heavy atom. The van der Waals surface area contributed by atoms with Crippen LogP contribution in [0.1, 0.15) is 81.1 Å². The zero-order chi connectivity index (χ0) is 20.6. The summed E-state index contributed by atoms with van der Waals surface area (Å²) in [7, 11) is -0.0867. The van der Waals surface area contributed by atoms with E-state index in [2.05, 4.69) is 79.7 Å². The Labute approximate surface area is 178 Å². The minimum absolute atomic E-state index is 0.0433. The van der Waals surface area contributed by atoms with E-state index in [9.17, 15) is 0 Å². The summed E-state index contributed by atoms with van der Waals surface area (Å²) in [6.45, 7) is 19.9. The standard InChI is InChI=1S/C26H44P2/c1-17(2)21-13-14-22(18(3)4)27(21)25-11-9-10-12-26(25)28-23(19(5)6)15-16-24(28)20(7)8/h9-12,17-24H,13-16H2,1-8H3/t21-,22-,23-,24-/m1/s1. The van der Waals surface area contributed by atoms with Gasteiger partial charge in [-0.2, -0.15) is 0 Å². The molecule has 28 heavy (non-hydrogen) atoms. The fraction of sp³-hybridized carbons (Fsp3) is 0.769. The third-order valence-electron chi connectivity index (χ3n) is 7.46. The van der Waals surface area contributed by atoms with E-state index in [4.69, 9.17) is 0 Å². The summed E-state index contributed by atoms with van der Waals surface area (Å²) in [6.07, 6.45) is 5.83. The highest BCUT2D eigenvalue weighted by atomic mass is 31.1. The molecular weight excluding hydrogens is 374 g/mol. The normalized spacial score (nSPS) is 29.9. The molecule has 0 aliphatic carbocycles. The predicted octanol–water partition coefficient (Wildman–Crippen LogP) is 7.59. The van der Waals surface area contributed by atoms with Crippen molar-refractivity contribution in [3.63, 3.8) is 0 Å². The summed E-state index contributed by atoms with van der Waals surface area (Å²) >= 11 is 0. The molecule has 1 aromatic carbocycles. The molecule has 0 radical (unpaired) electrons. The quantitative estimate of drug-likeness (QED) is 0.418. The molecule has 3 rings (SSSR count). The summed E-state index contributed by atoms with van der Waals surface area (Å²) in [6, 6.07) is 9.86. The van der Waals surface area contributed by atoms with Gasteiger partial charge in [-0.25, -0.2) is 0 Å². The molecule has 2 saturated heterocycles. The van der Waals surface area contributed by atoms with Crippen LogP contribution in [-0.2, 0) is 0 Å². The van der Waals surface area contributed by atoms with Gasteiger partial charge in [0.25, 0.3) is 0 Å². The molecule has 4 atom stereocenters. The van der Waals surface area contributed by atoms with Gasteiger partial charge < -0.3 is 0 Å². The Kier molecular flexibility index (Phi) is 7.70. The van der Waals surface area contributed by atoms with Crippen LogP contribution in [0.4, 0.5) is 0 Å². The van der Waals surface area contributed by atoms with Crippen LogP contribution in [0, 0.1) is 23.7 Å². The molecule has 2 aliphatic heterocycles. The highest BCUT2D eigenvalue weighted by molar-refractivity contribution is 7.73.